The van der Waals surface area contributed by atoms with E-state index in [1.165, 1.54) is 11.2 Å². The highest BCUT2D eigenvalue weighted by Gasteiger charge is 2.29. The van der Waals surface area contributed by atoms with E-state index in [9.17, 15) is 18.0 Å². The van der Waals surface area contributed by atoms with Gasteiger partial charge < -0.3 is 14.7 Å². The van der Waals surface area contributed by atoms with Crippen LogP contribution in [0.2, 0.25) is 0 Å². The van der Waals surface area contributed by atoms with Crippen molar-refractivity contribution in [2.75, 3.05) is 37.7 Å². The zero-order valence-electron chi connectivity index (χ0n) is 18.7. The second kappa shape index (κ2) is 9.85. The number of carbonyl (C=O) groups excluding carboxylic acids is 1. The van der Waals surface area contributed by atoms with Crippen LogP contribution in [0.15, 0.2) is 42.5 Å². The average Bonchev–Trinajstić information content (AvgIpc) is 2.83. The molecular weight excluding hydrogens is 458 g/mol. The quantitative estimate of drug-likeness (QED) is 0.619. The number of carbonyl (C=O) groups is 2. The molecule has 178 valence electrons. The summed E-state index contributed by atoms with van der Waals surface area (Å²) in [6.45, 7) is 3.18. The predicted molar refractivity (Wildman–Crippen MR) is 126 cm³/mol. The third kappa shape index (κ3) is 5.39. The molecule has 0 amide bonds. The maximum atomic E-state index is 12.4. The van der Waals surface area contributed by atoms with E-state index < -0.39 is 22.2 Å². The molecule has 1 fully saturated rings. The third-order valence-corrected chi connectivity index (χ3v) is 7.42. The lowest BCUT2D eigenvalue weighted by molar-refractivity contribution is -0.138. The molecule has 0 unspecified atom stereocenters. The summed E-state index contributed by atoms with van der Waals surface area (Å²) in [5, 5.41) is 8.94. The number of ether oxygens (including phenoxy) is 1. The molecule has 0 aromatic heterocycles. The van der Waals surface area contributed by atoms with Crippen molar-refractivity contribution in [3.05, 3.63) is 59.2 Å². The fourth-order valence-corrected chi connectivity index (χ4v) is 5.12. The SMILES string of the molecule is C[C@@H](NS(=O)(=O)N1CCN(c2ccc(C#Cc3ccc4c(c3)C(=O)CCO4)cc2)CC1)C(=O)O. The van der Waals surface area contributed by atoms with Gasteiger partial charge in [0.05, 0.1) is 12.2 Å². The van der Waals surface area contributed by atoms with Crippen LogP contribution in [0.5, 0.6) is 5.75 Å². The lowest BCUT2D eigenvalue weighted by atomic mass is 10.0. The Kier molecular flexibility index (Phi) is 6.88. The molecule has 34 heavy (non-hydrogen) atoms. The van der Waals surface area contributed by atoms with Gasteiger partial charge in [-0.15, -0.1) is 0 Å². The molecule has 2 heterocycles. The molecule has 0 spiro atoms. The standard InChI is InChI=1S/C24H25N3O6S/c1-17(24(29)30)25-34(31,32)27-13-11-26(12-14-27)20-7-4-18(5-8-20)2-3-19-6-9-23-21(16-19)22(28)10-15-33-23/h4-9,16-17,25H,10-15H2,1H3,(H,29,30)/t17-/m1/s1. The number of rotatable bonds is 5. The predicted octanol–water partition coefficient (Wildman–Crippen LogP) is 1.48. The highest BCUT2D eigenvalue weighted by Crippen LogP contribution is 2.25. The zero-order valence-corrected chi connectivity index (χ0v) is 19.5. The van der Waals surface area contributed by atoms with E-state index in [-0.39, 0.29) is 18.9 Å². The van der Waals surface area contributed by atoms with E-state index >= 15 is 0 Å². The Bertz CT molecular complexity index is 1260. The topological polar surface area (TPSA) is 116 Å². The molecule has 9 nitrogen and oxygen atoms in total. The van der Waals surface area contributed by atoms with Crippen molar-refractivity contribution in [3.63, 3.8) is 0 Å². The second-order valence-electron chi connectivity index (χ2n) is 8.10. The number of hydrogen-bond acceptors (Lipinski definition) is 6. The fraction of sp³-hybridized carbons (Fsp3) is 0.333. The maximum Gasteiger partial charge on any atom is 0.321 e. The van der Waals surface area contributed by atoms with E-state index in [4.69, 9.17) is 9.84 Å². The third-order valence-electron chi connectivity index (χ3n) is 5.72. The van der Waals surface area contributed by atoms with Gasteiger partial charge in [0.15, 0.2) is 5.78 Å². The summed E-state index contributed by atoms with van der Waals surface area (Å²) < 4.78 is 33.7. The largest absolute Gasteiger partial charge is 0.492 e. The first-order valence-corrected chi connectivity index (χ1v) is 12.3. The van der Waals surface area contributed by atoms with Crippen LogP contribution in [-0.4, -0.2) is 68.4 Å². The number of Topliss-reactive ketones (excluding diaryl/α,β-unsaturated/α-hetero) is 1. The Morgan fingerprint density at radius 3 is 2.38 bits per heavy atom. The van der Waals surface area contributed by atoms with Crippen LogP contribution in [0.1, 0.15) is 34.8 Å². The van der Waals surface area contributed by atoms with E-state index in [1.54, 1.807) is 12.1 Å². The lowest BCUT2D eigenvalue weighted by Gasteiger charge is -2.35. The summed E-state index contributed by atoms with van der Waals surface area (Å²) in [4.78, 5) is 25.1. The Balaban J connectivity index is 1.37. The van der Waals surface area contributed by atoms with Crippen molar-refractivity contribution in [1.82, 2.24) is 9.03 Å². The van der Waals surface area contributed by atoms with Crippen molar-refractivity contribution < 1.29 is 27.9 Å². The van der Waals surface area contributed by atoms with Gasteiger partial charge in [0, 0.05) is 49.4 Å². The van der Waals surface area contributed by atoms with Gasteiger partial charge in [-0.2, -0.15) is 17.4 Å². The minimum Gasteiger partial charge on any atom is -0.492 e. The zero-order chi connectivity index (χ0) is 24.3. The molecule has 2 aliphatic rings. The average molecular weight is 484 g/mol. The summed E-state index contributed by atoms with van der Waals surface area (Å²) in [5.41, 5.74) is 3.08. The van der Waals surface area contributed by atoms with Crippen molar-refractivity contribution in [3.8, 4) is 17.6 Å². The van der Waals surface area contributed by atoms with Gasteiger partial charge in [-0.05, 0) is 49.4 Å². The maximum absolute atomic E-state index is 12.4. The minimum atomic E-state index is -3.85. The number of carboxylic acid groups (broad SMARTS) is 1. The molecule has 2 aliphatic heterocycles. The molecule has 1 atom stereocenters. The highest BCUT2D eigenvalue weighted by molar-refractivity contribution is 7.87. The molecule has 10 heteroatoms. The normalized spacial score (nSPS) is 17.2. The van der Waals surface area contributed by atoms with Gasteiger partial charge in [0.25, 0.3) is 10.2 Å². The van der Waals surface area contributed by atoms with E-state index in [2.05, 4.69) is 21.5 Å². The van der Waals surface area contributed by atoms with Gasteiger partial charge in [-0.25, -0.2) is 0 Å². The van der Waals surface area contributed by atoms with Crippen LogP contribution < -0.4 is 14.4 Å². The fourth-order valence-electron chi connectivity index (χ4n) is 3.77. The van der Waals surface area contributed by atoms with Gasteiger partial charge >= 0.3 is 5.97 Å². The molecule has 0 radical (unpaired) electrons. The minimum absolute atomic E-state index is 0.0642. The molecule has 0 saturated carbocycles. The molecule has 0 bridgehead atoms. The number of piperazine rings is 1. The van der Waals surface area contributed by atoms with Crippen molar-refractivity contribution >= 4 is 27.6 Å². The van der Waals surface area contributed by atoms with Crippen LogP contribution in [0.25, 0.3) is 0 Å². The molecule has 1 saturated heterocycles. The van der Waals surface area contributed by atoms with Gasteiger partial charge in [0.1, 0.15) is 11.8 Å². The number of carboxylic acids is 1. The van der Waals surface area contributed by atoms with E-state index in [1.807, 2.05) is 30.3 Å². The Morgan fingerprint density at radius 2 is 1.71 bits per heavy atom. The van der Waals surface area contributed by atoms with Gasteiger partial charge in [-0.3, -0.25) is 9.59 Å². The first kappa shape index (κ1) is 23.8. The van der Waals surface area contributed by atoms with Crippen molar-refractivity contribution in [2.45, 2.75) is 19.4 Å². The molecule has 4 rings (SSSR count). The van der Waals surface area contributed by atoms with E-state index in [0.29, 0.717) is 37.4 Å². The molecule has 2 aromatic carbocycles. The van der Waals surface area contributed by atoms with Crippen LogP contribution in [0, 0.1) is 11.8 Å². The van der Waals surface area contributed by atoms with E-state index in [0.717, 1.165) is 16.8 Å². The first-order chi connectivity index (χ1) is 16.2. The van der Waals surface area contributed by atoms with Crippen molar-refractivity contribution in [2.24, 2.45) is 0 Å². The Morgan fingerprint density at radius 1 is 1.06 bits per heavy atom. The number of nitrogens with zero attached hydrogens (tertiary/aromatic N) is 2. The molecule has 2 aromatic rings. The number of hydrogen-bond donors (Lipinski definition) is 2. The monoisotopic (exact) mass is 483 g/mol. The number of ketones is 1. The summed E-state index contributed by atoms with van der Waals surface area (Å²) >= 11 is 0. The van der Waals surface area contributed by atoms with Crippen LogP contribution >= 0.6 is 0 Å². The number of benzene rings is 2. The molecular formula is C24H25N3O6S. The summed E-state index contributed by atoms with van der Waals surface area (Å²) in [6, 6.07) is 11.8. The lowest BCUT2D eigenvalue weighted by Crippen LogP contribution is -2.54. The Labute approximate surface area is 198 Å². The van der Waals surface area contributed by atoms with Crippen LogP contribution in [-0.2, 0) is 15.0 Å². The van der Waals surface area contributed by atoms with Gasteiger partial charge in [-0.1, -0.05) is 11.8 Å². The van der Waals surface area contributed by atoms with Gasteiger partial charge in [0.2, 0.25) is 0 Å². The van der Waals surface area contributed by atoms with Crippen molar-refractivity contribution in [1.29, 1.82) is 0 Å². The highest BCUT2D eigenvalue weighted by atomic mass is 32.2. The first-order valence-electron chi connectivity index (χ1n) is 10.9. The number of fused-ring (bicyclic) bond motifs is 1. The summed E-state index contributed by atoms with van der Waals surface area (Å²) in [5.74, 6) is 5.63. The number of anilines is 1. The smallest absolute Gasteiger partial charge is 0.321 e. The number of nitrogens with one attached hydrogen (secondary N) is 1. The molecule has 2 N–H and O–H groups in total. The van der Waals surface area contributed by atoms with Crippen LogP contribution in [0.3, 0.4) is 0 Å². The number of aliphatic carboxylic acids is 1. The summed E-state index contributed by atoms with van der Waals surface area (Å²) in [6.07, 6.45) is 0.378. The van der Waals surface area contributed by atoms with Crippen LogP contribution in [0.4, 0.5) is 5.69 Å². The second-order valence-corrected chi connectivity index (χ2v) is 9.80. The molecule has 0 aliphatic carbocycles. The Hall–Kier alpha value is -3.39. The summed E-state index contributed by atoms with van der Waals surface area (Å²) in [7, 11) is -3.85.